The Morgan fingerprint density at radius 1 is 1.04 bits per heavy atom. The van der Waals surface area contributed by atoms with Crippen LogP contribution in [0.15, 0.2) is 24.3 Å². The maximum Gasteiger partial charge on any atom is 0.344 e. The molecule has 1 atom stereocenters. The van der Waals surface area contributed by atoms with Crippen molar-refractivity contribution in [2.45, 2.75) is 39.7 Å². The van der Waals surface area contributed by atoms with Crippen LogP contribution in [0.5, 0.6) is 11.5 Å². The molecule has 1 rings (SSSR count). The van der Waals surface area contributed by atoms with Gasteiger partial charge in [-0.25, -0.2) is 9.59 Å². The van der Waals surface area contributed by atoms with Crippen LogP contribution in [0.1, 0.15) is 33.6 Å². The standard InChI is InChI=1S/C18H26N2O6/c1-4-10-24-14-8-6-7-9-15(14)25-12-17(22)26-11-16(21)20-18(23)19-13(3)5-2/h6-9,13H,4-5,10-12H2,1-3H3,(H2,19,20,21,23)/t13-/m0/s1. The molecule has 0 radical (unpaired) electrons. The van der Waals surface area contributed by atoms with Crippen LogP contribution in [0.2, 0.25) is 0 Å². The maximum absolute atomic E-state index is 11.7. The smallest absolute Gasteiger partial charge is 0.344 e. The summed E-state index contributed by atoms with van der Waals surface area (Å²) in [5.74, 6) is -0.504. The molecule has 0 aliphatic heterocycles. The predicted octanol–water partition coefficient (Wildman–Crippen LogP) is 2.02. The van der Waals surface area contributed by atoms with Gasteiger partial charge in [-0.15, -0.1) is 0 Å². The van der Waals surface area contributed by atoms with Crippen LogP contribution in [0.25, 0.3) is 0 Å². The average molecular weight is 366 g/mol. The second-order valence-electron chi connectivity index (χ2n) is 5.58. The van der Waals surface area contributed by atoms with Gasteiger partial charge in [-0.05, 0) is 31.9 Å². The van der Waals surface area contributed by atoms with E-state index in [0.717, 1.165) is 12.8 Å². The SMILES string of the molecule is CCCOc1ccccc1OCC(=O)OCC(=O)NC(=O)N[C@@H](C)CC. The number of amides is 3. The molecular weight excluding hydrogens is 340 g/mol. The highest BCUT2D eigenvalue weighted by molar-refractivity contribution is 5.95. The van der Waals surface area contributed by atoms with E-state index < -0.39 is 24.5 Å². The van der Waals surface area contributed by atoms with E-state index in [1.54, 1.807) is 24.3 Å². The number of nitrogens with one attached hydrogen (secondary N) is 2. The molecule has 3 amide bonds. The van der Waals surface area contributed by atoms with Crippen molar-refractivity contribution in [3.8, 4) is 11.5 Å². The lowest BCUT2D eigenvalue weighted by Gasteiger charge is -2.13. The highest BCUT2D eigenvalue weighted by Crippen LogP contribution is 2.26. The molecule has 8 heteroatoms. The van der Waals surface area contributed by atoms with Crippen LogP contribution in [0, 0.1) is 0 Å². The van der Waals surface area contributed by atoms with Gasteiger partial charge in [0.2, 0.25) is 0 Å². The van der Waals surface area contributed by atoms with Gasteiger partial charge in [-0.3, -0.25) is 10.1 Å². The molecule has 0 saturated carbocycles. The lowest BCUT2D eigenvalue weighted by molar-refractivity contribution is -0.150. The first-order chi connectivity index (χ1) is 12.5. The van der Waals surface area contributed by atoms with E-state index in [1.807, 2.05) is 20.8 Å². The van der Waals surface area contributed by atoms with Crippen molar-refractivity contribution < 1.29 is 28.6 Å². The molecule has 0 heterocycles. The number of urea groups is 1. The minimum absolute atomic E-state index is 0.0613. The molecule has 1 aromatic carbocycles. The summed E-state index contributed by atoms with van der Waals surface area (Å²) in [6.45, 7) is 5.28. The first kappa shape index (κ1) is 21.3. The number of esters is 1. The maximum atomic E-state index is 11.7. The van der Waals surface area contributed by atoms with Crippen molar-refractivity contribution in [2.75, 3.05) is 19.8 Å². The zero-order valence-electron chi connectivity index (χ0n) is 15.4. The van der Waals surface area contributed by atoms with Crippen LogP contribution in [-0.4, -0.2) is 43.8 Å². The number of rotatable bonds is 10. The molecule has 0 bridgehead atoms. The molecule has 144 valence electrons. The van der Waals surface area contributed by atoms with Crippen molar-refractivity contribution >= 4 is 17.9 Å². The van der Waals surface area contributed by atoms with E-state index in [-0.39, 0.29) is 12.6 Å². The molecule has 0 spiro atoms. The monoisotopic (exact) mass is 366 g/mol. The summed E-state index contributed by atoms with van der Waals surface area (Å²) < 4.78 is 15.7. The first-order valence-electron chi connectivity index (χ1n) is 8.56. The van der Waals surface area contributed by atoms with Crippen LogP contribution in [-0.2, 0) is 14.3 Å². The highest BCUT2D eigenvalue weighted by atomic mass is 16.6. The minimum atomic E-state index is -0.729. The van der Waals surface area contributed by atoms with E-state index in [2.05, 4.69) is 10.6 Å². The predicted molar refractivity (Wildman–Crippen MR) is 95.1 cm³/mol. The molecule has 0 aliphatic rings. The second kappa shape index (κ2) is 11.7. The molecule has 26 heavy (non-hydrogen) atoms. The number of ether oxygens (including phenoxy) is 3. The molecule has 0 aromatic heterocycles. The Bertz CT molecular complexity index is 605. The molecule has 0 aliphatic carbocycles. The van der Waals surface area contributed by atoms with Gasteiger partial charge >= 0.3 is 12.0 Å². The number of hydrogen-bond donors (Lipinski definition) is 2. The molecule has 8 nitrogen and oxygen atoms in total. The summed E-state index contributed by atoms with van der Waals surface area (Å²) in [4.78, 5) is 34.7. The Morgan fingerprint density at radius 3 is 2.31 bits per heavy atom. The lowest BCUT2D eigenvalue weighted by atomic mass is 10.3. The van der Waals surface area contributed by atoms with Crippen LogP contribution in [0.4, 0.5) is 4.79 Å². The summed E-state index contributed by atoms with van der Waals surface area (Å²) in [6.07, 6.45) is 1.58. The normalized spacial score (nSPS) is 11.2. The Labute approximate surface area is 153 Å². The molecule has 1 aromatic rings. The Morgan fingerprint density at radius 2 is 1.69 bits per heavy atom. The Balaban J connectivity index is 2.34. The number of benzene rings is 1. The molecule has 0 unspecified atom stereocenters. The fourth-order valence-corrected chi connectivity index (χ4v) is 1.75. The summed E-state index contributed by atoms with van der Waals surface area (Å²) >= 11 is 0. The van der Waals surface area contributed by atoms with E-state index >= 15 is 0 Å². The topological polar surface area (TPSA) is 103 Å². The molecular formula is C18H26N2O6. The van der Waals surface area contributed by atoms with Gasteiger partial charge in [0.15, 0.2) is 24.7 Å². The van der Waals surface area contributed by atoms with Crippen molar-refractivity contribution in [1.82, 2.24) is 10.6 Å². The van der Waals surface area contributed by atoms with E-state index in [9.17, 15) is 14.4 Å². The number of carbonyl (C=O) groups excluding carboxylic acids is 3. The van der Waals surface area contributed by atoms with Gasteiger partial charge in [0.1, 0.15) is 0 Å². The first-order valence-corrected chi connectivity index (χ1v) is 8.56. The average Bonchev–Trinajstić information content (AvgIpc) is 2.63. The van der Waals surface area contributed by atoms with Crippen molar-refractivity contribution in [1.29, 1.82) is 0 Å². The number of carbonyl (C=O) groups is 3. The fourth-order valence-electron chi connectivity index (χ4n) is 1.75. The Hall–Kier alpha value is -2.77. The van der Waals surface area contributed by atoms with Gasteiger partial charge < -0.3 is 19.5 Å². The summed E-state index contributed by atoms with van der Waals surface area (Å²) in [5, 5.41) is 4.65. The van der Waals surface area contributed by atoms with Crippen molar-refractivity contribution in [2.24, 2.45) is 0 Å². The summed E-state index contributed by atoms with van der Waals surface area (Å²) in [5.41, 5.74) is 0. The van der Waals surface area contributed by atoms with Gasteiger partial charge in [-0.2, -0.15) is 0 Å². The fraction of sp³-hybridized carbons (Fsp3) is 0.500. The second-order valence-corrected chi connectivity index (χ2v) is 5.58. The largest absolute Gasteiger partial charge is 0.490 e. The van der Waals surface area contributed by atoms with Gasteiger partial charge in [0, 0.05) is 6.04 Å². The van der Waals surface area contributed by atoms with E-state index in [4.69, 9.17) is 14.2 Å². The van der Waals surface area contributed by atoms with Crippen molar-refractivity contribution in [3.63, 3.8) is 0 Å². The number of hydrogen-bond acceptors (Lipinski definition) is 6. The molecule has 0 saturated heterocycles. The molecule has 0 fully saturated rings. The third-order valence-corrected chi connectivity index (χ3v) is 3.26. The van der Waals surface area contributed by atoms with Crippen molar-refractivity contribution in [3.05, 3.63) is 24.3 Å². The summed E-state index contributed by atoms with van der Waals surface area (Å²) in [7, 11) is 0. The van der Waals surface area contributed by atoms with E-state index in [1.165, 1.54) is 0 Å². The van der Waals surface area contributed by atoms with Gasteiger partial charge in [-0.1, -0.05) is 26.0 Å². The van der Waals surface area contributed by atoms with Crippen LogP contribution < -0.4 is 20.1 Å². The number of para-hydroxylation sites is 2. The third-order valence-electron chi connectivity index (χ3n) is 3.26. The van der Waals surface area contributed by atoms with Crippen LogP contribution >= 0.6 is 0 Å². The zero-order valence-corrected chi connectivity index (χ0v) is 15.4. The highest BCUT2D eigenvalue weighted by Gasteiger charge is 2.13. The molecule has 2 N–H and O–H groups in total. The van der Waals surface area contributed by atoms with Crippen LogP contribution in [0.3, 0.4) is 0 Å². The summed E-state index contributed by atoms with van der Waals surface area (Å²) in [6, 6.07) is 6.27. The van der Waals surface area contributed by atoms with Gasteiger partial charge in [0.05, 0.1) is 6.61 Å². The quantitative estimate of drug-likeness (QED) is 0.614. The lowest BCUT2D eigenvalue weighted by Crippen LogP contribution is -2.44. The minimum Gasteiger partial charge on any atom is -0.490 e. The third kappa shape index (κ3) is 8.36. The number of imide groups is 1. The zero-order chi connectivity index (χ0) is 19.4. The van der Waals surface area contributed by atoms with Gasteiger partial charge in [0.25, 0.3) is 5.91 Å². The van der Waals surface area contributed by atoms with E-state index in [0.29, 0.717) is 18.1 Å². The Kier molecular flexibility index (Phi) is 9.59.